The number of nitrogens with one attached hydrogen (secondary N) is 1. The molecule has 1 N–H and O–H groups in total. The smallest absolute Gasteiger partial charge is 0.244 e. The number of hydrogen-bond acceptors (Lipinski definition) is 3. The van der Waals surface area contributed by atoms with E-state index in [4.69, 9.17) is 0 Å². The van der Waals surface area contributed by atoms with Crippen molar-refractivity contribution in [2.24, 2.45) is 0 Å². The molecule has 0 radical (unpaired) electrons. The van der Waals surface area contributed by atoms with Crippen molar-refractivity contribution in [3.8, 4) is 0 Å². The molecule has 0 spiro atoms. The van der Waals surface area contributed by atoms with Crippen molar-refractivity contribution in [3.05, 3.63) is 24.3 Å². The molecule has 0 aliphatic carbocycles. The summed E-state index contributed by atoms with van der Waals surface area (Å²) < 4.78 is 25.7. The molecule has 0 fully saturated rings. The molecule has 0 amide bonds. The third kappa shape index (κ3) is 4.47. The lowest BCUT2D eigenvalue weighted by atomic mass is 10.2. The second kappa shape index (κ2) is 6.72. The quantitative estimate of drug-likeness (QED) is 0.804. The van der Waals surface area contributed by atoms with E-state index in [2.05, 4.69) is 28.2 Å². The van der Waals surface area contributed by atoms with Gasteiger partial charge in [-0.2, -0.15) is 0 Å². The Morgan fingerprint density at radius 1 is 1.26 bits per heavy atom. The summed E-state index contributed by atoms with van der Waals surface area (Å²) in [6, 6.07) is 7.18. The molecule has 0 aliphatic rings. The zero-order valence-electron chi connectivity index (χ0n) is 11.7. The number of benzene rings is 1. The Morgan fingerprint density at radius 2 is 1.84 bits per heavy atom. The van der Waals surface area contributed by atoms with Gasteiger partial charge in [0.25, 0.3) is 0 Å². The molecule has 0 saturated heterocycles. The lowest BCUT2D eigenvalue weighted by Crippen LogP contribution is -2.25. The van der Waals surface area contributed by atoms with E-state index in [1.165, 1.54) is 18.4 Å². The molecule has 4 nitrogen and oxygen atoms in total. The zero-order chi connectivity index (χ0) is 14.6. The van der Waals surface area contributed by atoms with E-state index in [0.29, 0.717) is 15.4 Å². The average Bonchev–Trinajstić information content (AvgIpc) is 2.27. The first-order chi connectivity index (χ1) is 8.75. The molecule has 108 valence electrons. The Kier molecular flexibility index (Phi) is 5.82. The summed E-state index contributed by atoms with van der Waals surface area (Å²) >= 11 is 3.50. The normalized spacial score (nSPS) is 15.3. The fraction of sp³-hybridized carbons (Fsp3) is 0.538. The molecule has 0 aliphatic heterocycles. The van der Waals surface area contributed by atoms with Gasteiger partial charge in [0.05, 0.1) is 5.69 Å². The largest absolute Gasteiger partial charge is 0.381 e. The fourth-order valence-electron chi connectivity index (χ4n) is 1.82. The van der Waals surface area contributed by atoms with Crippen LogP contribution < -0.4 is 5.32 Å². The third-order valence-corrected chi connectivity index (χ3v) is 4.97. The van der Waals surface area contributed by atoms with Gasteiger partial charge in [-0.15, -0.1) is 0 Å². The standard InChI is InChI=1S/C13H21BrN2O2S/c1-10(14)9-11(2)15-12-7-5-6-8-13(12)19(17,18)16(3)4/h5-8,10-11,15H,9H2,1-4H3. The van der Waals surface area contributed by atoms with Crippen molar-refractivity contribution in [3.63, 3.8) is 0 Å². The monoisotopic (exact) mass is 348 g/mol. The highest BCUT2D eigenvalue weighted by atomic mass is 79.9. The minimum Gasteiger partial charge on any atom is -0.381 e. The van der Waals surface area contributed by atoms with Gasteiger partial charge in [0.2, 0.25) is 10.0 Å². The number of nitrogens with zero attached hydrogens (tertiary/aromatic N) is 1. The number of hydrogen-bond donors (Lipinski definition) is 1. The fourth-order valence-corrected chi connectivity index (χ4v) is 3.43. The summed E-state index contributed by atoms with van der Waals surface area (Å²) in [5.41, 5.74) is 0.650. The van der Waals surface area contributed by atoms with Gasteiger partial charge in [0.15, 0.2) is 0 Å². The number of alkyl halides is 1. The second-order valence-corrected chi connectivity index (χ2v) is 8.53. The maximum Gasteiger partial charge on any atom is 0.244 e. The van der Waals surface area contributed by atoms with Crippen LogP contribution in [0.1, 0.15) is 20.3 Å². The van der Waals surface area contributed by atoms with Crippen LogP contribution in [0, 0.1) is 0 Å². The molecule has 1 aromatic carbocycles. The van der Waals surface area contributed by atoms with Gasteiger partial charge in [-0.05, 0) is 25.5 Å². The van der Waals surface area contributed by atoms with E-state index >= 15 is 0 Å². The van der Waals surface area contributed by atoms with Gasteiger partial charge in [0, 0.05) is 25.0 Å². The summed E-state index contributed by atoms with van der Waals surface area (Å²) in [6.07, 6.45) is 0.913. The topological polar surface area (TPSA) is 49.4 Å². The molecule has 1 aromatic rings. The molecule has 0 saturated carbocycles. The Labute approximate surface area is 124 Å². The predicted molar refractivity (Wildman–Crippen MR) is 83.4 cm³/mol. The average molecular weight is 349 g/mol. The lowest BCUT2D eigenvalue weighted by Gasteiger charge is -2.20. The molecule has 6 heteroatoms. The molecule has 0 heterocycles. The van der Waals surface area contributed by atoms with Gasteiger partial charge in [-0.3, -0.25) is 0 Å². The third-order valence-electron chi connectivity index (χ3n) is 2.73. The van der Waals surface area contributed by atoms with Crippen LogP contribution in [0.2, 0.25) is 0 Å². The van der Waals surface area contributed by atoms with Crippen LogP contribution in [-0.4, -0.2) is 37.7 Å². The minimum absolute atomic E-state index is 0.188. The van der Waals surface area contributed by atoms with Crippen molar-refractivity contribution in [1.29, 1.82) is 0 Å². The van der Waals surface area contributed by atoms with E-state index < -0.39 is 10.0 Å². The predicted octanol–water partition coefficient (Wildman–Crippen LogP) is 2.91. The summed E-state index contributed by atoms with van der Waals surface area (Å²) in [6.45, 7) is 4.11. The van der Waals surface area contributed by atoms with Crippen molar-refractivity contribution < 1.29 is 8.42 Å². The first-order valence-corrected chi connectivity index (χ1v) is 8.53. The van der Waals surface area contributed by atoms with Crippen LogP contribution in [0.4, 0.5) is 5.69 Å². The van der Waals surface area contributed by atoms with Crippen molar-refractivity contribution >= 4 is 31.6 Å². The Bertz CT molecular complexity index is 515. The van der Waals surface area contributed by atoms with Crippen LogP contribution in [-0.2, 0) is 10.0 Å². The highest BCUT2D eigenvalue weighted by molar-refractivity contribution is 9.09. The van der Waals surface area contributed by atoms with Gasteiger partial charge < -0.3 is 5.32 Å². The highest BCUT2D eigenvalue weighted by Gasteiger charge is 2.21. The van der Waals surface area contributed by atoms with E-state index in [-0.39, 0.29) is 6.04 Å². The maximum absolute atomic E-state index is 12.2. The summed E-state index contributed by atoms with van der Waals surface area (Å²) in [7, 11) is -0.347. The number of halogens is 1. The van der Waals surface area contributed by atoms with E-state index in [9.17, 15) is 8.42 Å². The molecule has 1 rings (SSSR count). The van der Waals surface area contributed by atoms with Gasteiger partial charge >= 0.3 is 0 Å². The van der Waals surface area contributed by atoms with Crippen molar-refractivity contribution in [1.82, 2.24) is 4.31 Å². The summed E-state index contributed by atoms with van der Waals surface area (Å²) in [5.74, 6) is 0. The van der Waals surface area contributed by atoms with E-state index in [1.807, 2.05) is 13.0 Å². The summed E-state index contributed by atoms with van der Waals surface area (Å²) in [4.78, 5) is 0.696. The number of anilines is 1. The second-order valence-electron chi connectivity index (χ2n) is 4.85. The van der Waals surface area contributed by atoms with E-state index in [0.717, 1.165) is 6.42 Å². The van der Waals surface area contributed by atoms with Crippen LogP contribution in [0.3, 0.4) is 0 Å². The van der Waals surface area contributed by atoms with Crippen LogP contribution in [0.15, 0.2) is 29.2 Å². The molecule has 0 aromatic heterocycles. The number of rotatable bonds is 6. The lowest BCUT2D eigenvalue weighted by molar-refractivity contribution is 0.521. The van der Waals surface area contributed by atoms with Gasteiger partial charge in [0.1, 0.15) is 4.90 Å². The van der Waals surface area contributed by atoms with Crippen LogP contribution in [0.5, 0.6) is 0 Å². The molecule has 19 heavy (non-hydrogen) atoms. The van der Waals surface area contributed by atoms with Crippen LogP contribution in [0.25, 0.3) is 0 Å². The molecule has 2 unspecified atom stereocenters. The minimum atomic E-state index is -3.42. The molecule has 0 bridgehead atoms. The zero-order valence-corrected chi connectivity index (χ0v) is 14.1. The maximum atomic E-state index is 12.2. The Hall–Kier alpha value is -0.590. The van der Waals surface area contributed by atoms with Crippen LogP contribution >= 0.6 is 15.9 Å². The number of para-hydroxylation sites is 1. The first-order valence-electron chi connectivity index (χ1n) is 6.17. The summed E-state index contributed by atoms with van der Waals surface area (Å²) in [5, 5.41) is 3.27. The molecule has 2 atom stereocenters. The van der Waals surface area contributed by atoms with Gasteiger partial charge in [-0.1, -0.05) is 35.0 Å². The molecular formula is C13H21BrN2O2S. The highest BCUT2D eigenvalue weighted by Crippen LogP contribution is 2.24. The molecular weight excluding hydrogens is 328 g/mol. The Balaban J connectivity index is 3.04. The number of sulfonamides is 1. The van der Waals surface area contributed by atoms with Crippen molar-refractivity contribution in [2.45, 2.75) is 36.0 Å². The van der Waals surface area contributed by atoms with Crippen molar-refractivity contribution in [2.75, 3.05) is 19.4 Å². The first kappa shape index (κ1) is 16.5. The SMILES string of the molecule is CC(Br)CC(C)Nc1ccccc1S(=O)(=O)N(C)C. The Morgan fingerprint density at radius 3 is 2.37 bits per heavy atom. The van der Waals surface area contributed by atoms with Gasteiger partial charge in [-0.25, -0.2) is 12.7 Å². The van der Waals surface area contributed by atoms with E-state index in [1.54, 1.807) is 18.2 Å².